The minimum Gasteiger partial charge on any atom is -0.507 e. The van der Waals surface area contributed by atoms with Crippen LogP contribution in [-0.2, 0) is 26.8 Å². The van der Waals surface area contributed by atoms with Gasteiger partial charge in [0.1, 0.15) is 5.75 Å². The van der Waals surface area contributed by atoms with Crippen LogP contribution in [0.5, 0.6) is 5.75 Å². The number of rotatable bonds is 8. The van der Waals surface area contributed by atoms with Gasteiger partial charge in [0.05, 0.1) is 0 Å². The predicted molar refractivity (Wildman–Crippen MR) is 154 cm³/mol. The molecule has 0 amide bonds. The molecule has 3 N–H and O–H groups in total. The summed E-state index contributed by atoms with van der Waals surface area (Å²) < 4.78 is 0. The van der Waals surface area contributed by atoms with Crippen molar-refractivity contribution in [2.45, 2.75) is 118 Å². The molecule has 1 fully saturated rings. The molecule has 0 radical (unpaired) electrons. The second-order valence-electron chi connectivity index (χ2n) is 14.9. The first-order valence-electron chi connectivity index (χ1n) is 14.1. The van der Waals surface area contributed by atoms with E-state index in [9.17, 15) is 24.9 Å². The molecule has 2 atom stereocenters. The molecule has 1 aliphatic rings. The fraction of sp³-hybridized carbons (Fsp3) is 0.750. The average Bonchev–Trinajstić information content (AvgIpc) is 2.71. The zero-order chi connectivity index (χ0) is 29.6. The van der Waals surface area contributed by atoms with Gasteiger partial charge in [-0.15, -0.1) is 0 Å². The molecule has 0 aromatic heterocycles. The molecule has 0 saturated carbocycles. The average molecular weight is 532 g/mol. The van der Waals surface area contributed by atoms with E-state index in [2.05, 4.69) is 81.2 Å². The van der Waals surface area contributed by atoms with Gasteiger partial charge in [0.2, 0.25) is 0 Å². The van der Waals surface area contributed by atoms with Crippen LogP contribution in [0.15, 0.2) is 12.1 Å². The van der Waals surface area contributed by atoms with Crippen molar-refractivity contribution >= 4 is 11.9 Å². The molecule has 1 saturated heterocycles. The van der Waals surface area contributed by atoms with Gasteiger partial charge >= 0.3 is 11.9 Å². The number of aliphatic carboxylic acids is 2. The van der Waals surface area contributed by atoms with E-state index in [1.165, 1.54) is 0 Å². The van der Waals surface area contributed by atoms with E-state index < -0.39 is 23.3 Å². The van der Waals surface area contributed by atoms with Gasteiger partial charge in [-0.2, -0.15) is 0 Å². The number of carboxylic acid groups (broad SMARTS) is 2. The highest BCUT2D eigenvalue weighted by molar-refractivity contribution is 5.94. The quantitative estimate of drug-likeness (QED) is 0.317. The minimum absolute atomic E-state index is 0.150. The van der Waals surface area contributed by atoms with Crippen molar-refractivity contribution in [1.82, 2.24) is 4.90 Å². The fourth-order valence-corrected chi connectivity index (χ4v) is 7.10. The van der Waals surface area contributed by atoms with E-state index in [1.54, 1.807) is 0 Å². The van der Waals surface area contributed by atoms with E-state index in [-0.39, 0.29) is 33.5 Å². The number of phenols is 1. The number of carboxylic acids is 2. The molecule has 1 heterocycles. The first-order chi connectivity index (χ1) is 17.1. The van der Waals surface area contributed by atoms with Gasteiger partial charge < -0.3 is 20.2 Å². The third-order valence-corrected chi connectivity index (χ3v) is 9.95. The van der Waals surface area contributed by atoms with Crippen LogP contribution in [0.3, 0.4) is 0 Å². The van der Waals surface area contributed by atoms with Crippen molar-refractivity contribution < 1.29 is 24.9 Å². The summed E-state index contributed by atoms with van der Waals surface area (Å²) in [5.74, 6) is -3.98. The van der Waals surface area contributed by atoms with Gasteiger partial charge in [-0.25, -0.2) is 0 Å². The summed E-state index contributed by atoms with van der Waals surface area (Å²) in [5.41, 5.74) is 0.156. The lowest BCUT2D eigenvalue weighted by Gasteiger charge is -2.62. The Morgan fingerprint density at radius 2 is 1.42 bits per heavy atom. The smallest absolute Gasteiger partial charge is 0.318 e. The van der Waals surface area contributed by atoms with Gasteiger partial charge in [0, 0.05) is 11.0 Å². The van der Waals surface area contributed by atoms with Crippen LogP contribution < -0.4 is 0 Å². The molecule has 38 heavy (non-hydrogen) atoms. The molecule has 0 bridgehead atoms. The van der Waals surface area contributed by atoms with E-state index >= 15 is 0 Å². The molecular formula is C32H53NO5. The number of piperidine rings is 1. The highest BCUT2D eigenvalue weighted by atomic mass is 16.4. The Bertz CT molecular complexity index is 994. The zero-order valence-electron chi connectivity index (χ0n) is 26.0. The molecular weight excluding hydrogens is 478 g/mol. The van der Waals surface area contributed by atoms with Crippen molar-refractivity contribution in [2.75, 3.05) is 13.6 Å². The molecule has 6 heteroatoms. The predicted octanol–water partition coefficient (Wildman–Crippen LogP) is 6.86. The number of aromatic hydroxyl groups is 1. The third-order valence-electron chi connectivity index (χ3n) is 9.95. The largest absolute Gasteiger partial charge is 0.507 e. The monoisotopic (exact) mass is 531 g/mol. The normalized spacial score (nSPS) is 21.8. The van der Waals surface area contributed by atoms with Gasteiger partial charge in [0.25, 0.3) is 0 Å². The maximum Gasteiger partial charge on any atom is 0.318 e. The zero-order valence-corrected chi connectivity index (χ0v) is 26.0. The van der Waals surface area contributed by atoms with Crippen molar-refractivity contribution in [1.29, 1.82) is 0 Å². The van der Waals surface area contributed by atoms with Crippen LogP contribution >= 0.6 is 0 Å². The van der Waals surface area contributed by atoms with Crippen molar-refractivity contribution in [3.63, 3.8) is 0 Å². The van der Waals surface area contributed by atoms with E-state index in [0.29, 0.717) is 19.3 Å². The van der Waals surface area contributed by atoms with Crippen LogP contribution in [0.4, 0.5) is 0 Å². The molecule has 1 aliphatic heterocycles. The number of hydrogen-bond donors (Lipinski definition) is 3. The molecule has 216 valence electrons. The summed E-state index contributed by atoms with van der Waals surface area (Å²) in [4.78, 5) is 27.9. The second-order valence-corrected chi connectivity index (χ2v) is 14.9. The number of hydrogen-bond acceptors (Lipinski definition) is 4. The number of carbonyl (C=O) groups is 2. The lowest BCUT2D eigenvalue weighted by atomic mass is 9.48. The highest BCUT2D eigenvalue weighted by Crippen LogP contribution is 2.59. The number of likely N-dealkylation sites (tertiary alicyclic amines) is 1. The number of benzene rings is 1. The summed E-state index contributed by atoms with van der Waals surface area (Å²) in [6.07, 6.45) is 2.21. The Morgan fingerprint density at radius 1 is 0.974 bits per heavy atom. The fourth-order valence-electron chi connectivity index (χ4n) is 7.10. The highest BCUT2D eigenvalue weighted by Gasteiger charge is 2.61. The lowest BCUT2D eigenvalue weighted by Crippen LogP contribution is -2.65. The van der Waals surface area contributed by atoms with Crippen molar-refractivity contribution in [3.8, 4) is 5.75 Å². The van der Waals surface area contributed by atoms with Crippen LogP contribution in [0.25, 0.3) is 0 Å². The summed E-state index contributed by atoms with van der Waals surface area (Å²) in [6.45, 7) is 23.8. The molecule has 0 aliphatic carbocycles. The van der Waals surface area contributed by atoms with Crippen LogP contribution in [0.1, 0.15) is 112 Å². The Kier molecular flexibility index (Phi) is 8.86. The van der Waals surface area contributed by atoms with Gasteiger partial charge in [-0.3, -0.25) is 9.59 Å². The van der Waals surface area contributed by atoms with E-state index in [4.69, 9.17) is 0 Å². The standard InChI is InChI=1S/C32H53NO5/c1-13-15-32(24(26(35)36)27(37)38,23-14-16-33(12)31(10,11)30(23,8)9)19-20-17-21(28(2,3)4)25(34)22(18-20)29(5,6)7/h17-18,23-24,34H,13-16,19H2,1-12H3,(H,35,36)(H,37,38). The summed E-state index contributed by atoms with van der Waals surface area (Å²) in [5, 5.41) is 32.2. The molecule has 2 unspecified atom stereocenters. The topological polar surface area (TPSA) is 98.1 Å². The van der Waals surface area contributed by atoms with Crippen LogP contribution in [0.2, 0.25) is 0 Å². The molecule has 1 aromatic carbocycles. The summed E-state index contributed by atoms with van der Waals surface area (Å²) in [7, 11) is 2.09. The van der Waals surface area contributed by atoms with Crippen molar-refractivity contribution in [3.05, 3.63) is 28.8 Å². The van der Waals surface area contributed by atoms with E-state index in [1.807, 2.05) is 19.1 Å². The minimum atomic E-state index is -1.55. The van der Waals surface area contributed by atoms with Gasteiger partial charge in [0.15, 0.2) is 5.92 Å². The Morgan fingerprint density at radius 3 is 1.79 bits per heavy atom. The SMILES string of the molecule is CCCC(Cc1cc(C(C)(C)C)c(O)c(C(C)(C)C)c1)(C(C(=O)O)C(=O)O)C1CCN(C)C(C)(C)C1(C)C. The lowest BCUT2D eigenvalue weighted by molar-refractivity contribution is -0.176. The maximum absolute atomic E-state index is 12.8. The number of nitrogens with zero attached hydrogens (tertiary/aromatic N) is 1. The Hall–Kier alpha value is -2.08. The maximum atomic E-state index is 12.8. The first-order valence-corrected chi connectivity index (χ1v) is 14.1. The van der Waals surface area contributed by atoms with Gasteiger partial charge in [-0.05, 0) is 85.6 Å². The summed E-state index contributed by atoms with van der Waals surface area (Å²) >= 11 is 0. The number of phenolic OH excluding ortho intramolecular Hbond substituents is 1. The summed E-state index contributed by atoms with van der Waals surface area (Å²) in [6, 6.07) is 3.98. The van der Waals surface area contributed by atoms with Crippen LogP contribution in [-0.4, -0.2) is 51.3 Å². The van der Waals surface area contributed by atoms with Gasteiger partial charge in [-0.1, -0.05) is 80.9 Å². The Balaban J connectivity index is 2.97. The second kappa shape index (κ2) is 10.5. The molecule has 6 nitrogen and oxygen atoms in total. The molecule has 1 aromatic rings. The Labute approximate surface area is 230 Å². The van der Waals surface area contributed by atoms with Crippen LogP contribution in [0, 0.1) is 22.7 Å². The molecule has 0 spiro atoms. The van der Waals surface area contributed by atoms with Crippen molar-refractivity contribution in [2.24, 2.45) is 22.7 Å². The first kappa shape index (κ1) is 32.1. The third kappa shape index (κ3) is 5.61. The molecule has 2 rings (SSSR count). The van der Waals surface area contributed by atoms with E-state index in [0.717, 1.165) is 29.7 Å².